The van der Waals surface area contributed by atoms with Crippen LogP contribution in [0.3, 0.4) is 0 Å². The molecule has 0 radical (unpaired) electrons. The lowest BCUT2D eigenvalue weighted by atomic mass is 10.1. The van der Waals surface area contributed by atoms with Crippen LogP contribution >= 0.6 is 0 Å². The van der Waals surface area contributed by atoms with Crippen molar-refractivity contribution in [1.29, 1.82) is 5.26 Å². The lowest BCUT2D eigenvalue weighted by Crippen LogP contribution is -2.35. The van der Waals surface area contributed by atoms with Crippen molar-refractivity contribution in [2.24, 2.45) is 0 Å². The van der Waals surface area contributed by atoms with Crippen molar-refractivity contribution in [3.63, 3.8) is 0 Å². The van der Waals surface area contributed by atoms with E-state index in [1.807, 2.05) is 6.07 Å². The van der Waals surface area contributed by atoms with Gasteiger partial charge in [0.1, 0.15) is 11.9 Å². The molecular weight excluding hydrogens is 478 g/mol. The van der Waals surface area contributed by atoms with Crippen molar-refractivity contribution >= 4 is 39.1 Å². The topological polar surface area (TPSA) is 132 Å². The number of nitrogens with zero attached hydrogens (tertiary/aromatic N) is 6. The monoisotopic (exact) mass is 505 g/mol. The fourth-order valence-electron chi connectivity index (χ4n) is 4.05. The number of hydrogen-bond donors (Lipinski definition) is 1. The Hall–Kier alpha value is -4.04. The Balaban J connectivity index is 1.48. The molecule has 186 valence electrons. The number of benzene rings is 1. The number of aromatic nitrogens is 3. The highest BCUT2D eigenvalue weighted by molar-refractivity contribution is 7.92. The molecule has 10 nitrogen and oxygen atoms in total. The molecule has 4 rings (SSSR count). The summed E-state index contributed by atoms with van der Waals surface area (Å²) in [5.74, 6) is 0.801. The summed E-state index contributed by atoms with van der Waals surface area (Å²) in [7, 11) is -1.95. The number of hydrogen-bond acceptors (Lipinski definition) is 8. The van der Waals surface area contributed by atoms with Crippen molar-refractivity contribution in [1.82, 2.24) is 15.0 Å². The van der Waals surface area contributed by atoms with Crippen LogP contribution in [0, 0.1) is 11.3 Å². The first-order chi connectivity index (χ1) is 17.3. The maximum Gasteiger partial charge on any atom is 0.233 e. The third-order valence-corrected chi connectivity index (χ3v) is 7.18. The molecule has 0 aliphatic carbocycles. The quantitative estimate of drug-likeness (QED) is 0.494. The Morgan fingerprint density at radius 1 is 1.14 bits per heavy atom. The first-order valence-corrected chi connectivity index (χ1v) is 13.4. The van der Waals surface area contributed by atoms with Gasteiger partial charge in [-0.3, -0.25) is 9.10 Å². The van der Waals surface area contributed by atoms with E-state index in [0.29, 0.717) is 54.5 Å². The first kappa shape index (κ1) is 25.1. The molecule has 1 amide bonds. The van der Waals surface area contributed by atoms with Crippen LogP contribution in [0.15, 0.2) is 48.8 Å². The number of carbonyl (C=O) groups excluding carboxylic acids is 1. The van der Waals surface area contributed by atoms with E-state index in [2.05, 4.69) is 26.3 Å². The van der Waals surface area contributed by atoms with Gasteiger partial charge in [-0.05, 0) is 61.6 Å². The van der Waals surface area contributed by atoms with Crippen LogP contribution in [0.1, 0.15) is 36.1 Å². The molecule has 3 heterocycles. The predicted molar refractivity (Wildman–Crippen MR) is 138 cm³/mol. The molecule has 0 atom stereocenters. The van der Waals surface area contributed by atoms with E-state index in [1.54, 1.807) is 47.6 Å². The van der Waals surface area contributed by atoms with Gasteiger partial charge in [0.05, 0.1) is 17.5 Å². The zero-order chi connectivity index (χ0) is 25.7. The van der Waals surface area contributed by atoms with Crippen molar-refractivity contribution in [2.45, 2.75) is 32.1 Å². The normalized spacial score (nSPS) is 13.8. The van der Waals surface area contributed by atoms with E-state index in [4.69, 9.17) is 0 Å². The molecule has 36 heavy (non-hydrogen) atoms. The van der Waals surface area contributed by atoms with Gasteiger partial charge in [0, 0.05) is 43.8 Å². The van der Waals surface area contributed by atoms with Gasteiger partial charge in [0.2, 0.25) is 21.9 Å². The first-order valence-electron chi connectivity index (χ1n) is 11.6. The molecule has 1 aliphatic rings. The number of nitrogens with one attached hydrogen (secondary N) is 1. The number of rotatable bonds is 8. The van der Waals surface area contributed by atoms with Crippen molar-refractivity contribution in [2.75, 3.05) is 34.4 Å². The van der Waals surface area contributed by atoms with Crippen LogP contribution in [0.2, 0.25) is 0 Å². The van der Waals surface area contributed by atoms with E-state index < -0.39 is 10.0 Å². The Bertz CT molecular complexity index is 1420. The standard InChI is InChI=1S/C25H27N7O3S/c1-31(36(2,34)35)24-18(6-5-13-27-24)8-9-20-12-14-28-25(29-20)30-21-10-11-22(19(16-21)17-26)32-15-4-3-7-23(32)33/h5-6,10-14,16H,3-4,7-9,15H2,1-2H3,(H,28,29,30). The molecule has 1 saturated heterocycles. The molecule has 1 aliphatic heterocycles. The SMILES string of the molecule is CN(c1ncccc1CCc1ccnc(Nc2ccc(N3CCCCC3=O)c(C#N)c2)n1)S(C)(=O)=O. The van der Waals surface area contributed by atoms with Crippen molar-refractivity contribution < 1.29 is 13.2 Å². The highest BCUT2D eigenvalue weighted by Gasteiger charge is 2.22. The average molecular weight is 506 g/mol. The molecule has 1 fully saturated rings. The fourth-order valence-corrected chi connectivity index (χ4v) is 4.53. The van der Waals surface area contributed by atoms with Crippen LogP contribution in [0.25, 0.3) is 0 Å². The van der Waals surface area contributed by atoms with Gasteiger partial charge in [-0.1, -0.05) is 6.07 Å². The van der Waals surface area contributed by atoms with E-state index in [0.717, 1.165) is 30.4 Å². The number of carbonyl (C=O) groups is 1. The number of sulfonamides is 1. The molecular formula is C25H27N7O3S. The molecule has 0 saturated carbocycles. The largest absolute Gasteiger partial charge is 0.324 e. The maximum atomic E-state index is 12.3. The lowest BCUT2D eigenvalue weighted by Gasteiger charge is -2.27. The minimum absolute atomic E-state index is 0.0361. The number of anilines is 4. The van der Waals surface area contributed by atoms with E-state index in [1.165, 1.54) is 11.4 Å². The van der Waals surface area contributed by atoms with Crippen LogP contribution < -0.4 is 14.5 Å². The Kier molecular flexibility index (Phi) is 7.45. The van der Waals surface area contributed by atoms with Gasteiger partial charge in [-0.2, -0.15) is 5.26 Å². The second-order valence-electron chi connectivity index (χ2n) is 8.56. The zero-order valence-electron chi connectivity index (χ0n) is 20.2. The average Bonchev–Trinajstić information content (AvgIpc) is 2.87. The molecule has 3 aromatic rings. The van der Waals surface area contributed by atoms with Crippen LogP contribution in [-0.2, 0) is 27.7 Å². The number of pyridine rings is 1. The zero-order valence-corrected chi connectivity index (χ0v) is 21.0. The molecule has 11 heteroatoms. The summed E-state index contributed by atoms with van der Waals surface area (Å²) in [6.07, 6.45) is 7.73. The minimum Gasteiger partial charge on any atom is -0.324 e. The lowest BCUT2D eigenvalue weighted by molar-refractivity contribution is -0.119. The van der Waals surface area contributed by atoms with Crippen LogP contribution in [-0.4, -0.2) is 49.1 Å². The van der Waals surface area contributed by atoms with Gasteiger partial charge >= 0.3 is 0 Å². The Morgan fingerprint density at radius 2 is 1.97 bits per heavy atom. The smallest absolute Gasteiger partial charge is 0.233 e. The molecule has 0 unspecified atom stereocenters. The number of piperidine rings is 1. The highest BCUT2D eigenvalue weighted by Crippen LogP contribution is 2.28. The summed E-state index contributed by atoms with van der Waals surface area (Å²) in [6.45, 7) is 0.615. The summed E-state index contributed by atoms with van der Waals surface area (Å²) in [6, 6.07) is 12.9. The van der Waals surface area contributed by atoms with Crippen LogP contribution in [0.4, 0.5) is 23.1 Å². The third kappa shape index (κ3) is 5.78. The van der Waals surface area contributed by atoms with Gasteiger partial charge in [-0.25, -0.2) is 23.4 Å². The molecule has 1 N–H and O–H groups in total. The second kappa shape index (κ2) is 10.7. The van der Waals surface area contributed by atoms with Crippen molar-refractivity contribution in [3.8, 4) is 6.07 Å². The number of nitriles is 1. The summed E-state index contributed by atoms with van der Waals surface area (Å²) >= 11 is 0. The van der Waals surface area contributed by atoms with Gasteiger partial charge < -0.3 is 10.2 Å². The Morgan fingerprint density at radius 3 is 2.72 bits per heavy atom. The van der Waals surface area contributed by atoms with Gasteiger partial charge in [-0.15, -0.1) is 0 Å². The third-order valence-electron chi connectivity index (χ3n) is 6.01. The van der Waals surface area contributed by atoms with Gasteiger partial charge in [0.25, 0.3) is 0 Å². The number of aryl methyl sites for hydroxylation is 2. The van der Waals surface area contributed by atoms with Gasteiger partial charge in [0.15, 0.2) is 0 Å². The second-order valence-corrected chi connectivity index (χ2v) is 10.6. The number of amides is 1. The fraction of sp³-hybridized carbons (Fsp3) is 0.320. The summed E-state index contributed by atoms with van der Waals surface area (Å²) in [5.41, 5.74) is 3.22. The van der Waals surface area contributed by atoms with E-state index in [-0.39, 0.29) is 5.91 Å². The summed E-state index contributed by atoms with van der Waals surface area (Å²) in [5, 5.41) is 12.8. The molecule has 0 bridgehead atoms. The summed E-state index contributed by atoms with van der Waals surface area (Å²) < 4.78 is 25.1. The summed E-state index contributed by atoms with van der Waals surface area (Å²) in [4.78, 5) is 27.1. The highest BCUT2D eigenvalue weighted by atomic mass is 32.2. The maximum absolute atomic E-state index is 12.3. The van der Waals surface area contributed by atoms with Crippen molar-refractivity contribution in [3.05, 3.63) is 65.6 Å². The minimum atomic E-state index is -3.43. The van der Waals surface area contributed by atoms with E-state index in [9.17, 15) is 18.5 Å². The molecule has 2 aromatic heterocycles. The van der Waals surface area contributed by atoms with E-state index >= 15 is 0 Å². The van der Waals surface area contributed by atoms with Crippen LogP contribution in [0.5, 0.6) is 0 Å². The molecule has 0 spiro atoms. The molecule has 1 aromatic carbocycles. The predicted octanol–water partition coefficient (Wildman–Crippen LogP) is 3.18. The Labute approximate surface area is 210 Å².